The molecular weight excluding hydrogens is 331 g/mol. The maximum absolute atomic E-state index is 14.1. The zero-order valence-corrected chi connectivity index (χ0v) is 14.1. The summed E-state index contributed by atoms with van der Waals surface area (Å²) in [6, 6.07) is 6.63. The predicted molar refractivity (Wildman–Crippen MR) is 92.3 cm³/mol. The highest BCUT2D eigenvalue weighted by Gasteiger charge is 2.23. The van der Waals surface area contributed by atoms with Crippen molar-refractivity contribution in [2.75, 3.05) is 37.0 Å². The molecule has 1 aliphatic rings. The molecule has 1 amide bonds. The monoisotopic (exact) mass is 350 g/mol. The Morgan fingerprint density at radius 1 is 1.21 bits per heavy atom. The van der Waals surface area contributed by atoms with Gasteiger partial charge < -0.3 is 9.80 Å². The number of amides is 1. The summed E-state index contributed by atoms with van der Waals surface area (Å²) in [5.41, 5.74) is 0.477. The van der Waals surface area contributed by atoms with Crippen LogP contribution in [0.5, 0.6) is 0 Å². The van der Waals surface area contributed by atoms with E-state index < -0.39 is 0 Å². The molecule has 0 N–H and O–H groups in total. The summed E-state index contributed by atoms with van der Waals surface area (Å²) in [5.74, 6) is 1.07. The lowest BCUT2D eigenvalue weighted by molar-refractivity contribution is -0.131. The van der Waals surface area contributed by atoms with Crippen LogP contribution in [0.15, 0.2) is 36.7 Å². The second-order valence-corrected chi connectivity index (χ2v) is 6.09. The number of anilines is 1. The molecule has 1 aliphatic heterocycles. The van der Waals surface area contributed by atoms with Crippen LogP contribution >= 0.6 is 11.6 Å². The number of nitrogens with zero attached hydrogens (tertiary/aromatic N) is 4. The molecule has 24 heavy (non-hydrogen) atoms. The van der Waals surface area contributed by atoms with Crippen LogP contribution in [0.4, 0.5) is 10.3 Å². The standard InChI is InChI=1S/C17H20ClFN4O/c18-7-3-6-16(24)21-10-12-22(13-11-21)17-20-8-9-23(17)15-5-2-1-4-14(15)19/h1-2,4-5,8-9H,3,6-7,10-13H2. The number of carbonyl (C=O) groups excluding carboxylic acids is 1. The van der Waals surface area contributed by atoms with Crippen LogP contribution in [0, 0.1) is 5.82 Å². The Hall–Kier alpha value is -2.08. The summed E-state index contributed by atoms with van der Waals surface area (Å²) in [5, 5.41) is 0. The minimum absolute atomic E-state index is 0.146. The van der Waals surface area contributed by atoms with Gasteiger partial charge in [0.15, 0.2) is 0 Å². The van der Waals surface area contributed by atoms with Gasteiger partial charge in [0.1, 0.15) is 5.82 Å². The first-order chi connectivity index (χ1) is 11.7. The van der Waals surface area contributed by atoms with E-state index in [9.17, 15) is 9.18 Å². The summed E-state index contributed by atoms with van der Waals surface area (Å²) >= 11 is 5.64. The highest BCUT2D eigenvalue weighted by Crippen LogP contribution is 2.21. The van der Waals surface area contributed by atoms with Gasteiger partial charge in [0.2, 0.25) is 11.9 Å². The van der Waals surface area contributed by atoms with Crippen LogP contribution in [0.25, 0.3) is 5.69 Å². The number of rotatable bonds is 5. The van der Waals surface area contributed by atoms with Gasteiger partial charge >= 0.3 is 0 Å². The van der Waals surface area contributed by atoms with E-state index in [4.69, 9.17) is 11.6 Å². The third kappa shape index (κ3) is 3.53. The average Bonchev–Trinajstić information content (AvgIpc) is 3.09. The van der Waals surface area contributed by atoms with Crippen molar-refractivity contribution in [3.8, 4) is 5.69 Å². The molecule has 128 valence electrons. The summed E-state index contributed by atoms with van der Waals surface area (Å²) < 4.78 is 15.8. The summed E-state index contributed by atoms with van der Waals surface area (Å²) in [7, 11) is 0. The van der Waals surface area contributed by atoms with E-state index in [-0.39, 0.29) is 11.7 Å². The summed E-state index contributed by atoms with van der Waals surface area (Å²) in [4.78, 5) is 20.4. The van der Waals surface area contributed by atoms with E-state index in [1.165, 1.54) is 6.07 Å². The molecule has 1 fully saturated rings. The Balaban J connectivity index is 1.69. The fourth-order valence-electron chi connectivity index (χ4n) is 2.90. The number of piperazine rings is 1. The largest absolute Gasteiger partial charge is 0.339 e. The van der Waals surface area contributed by atoms with Crippen LogP contribution in [0.2, 0.25) is 0 Å². The van der Waals surface area contributed by atoms with Crippen molar-refractivity contribution in [3.63, 3.8) is 0 Å². The minimum atomic E-state index is -0.286. The fraction of sp³-hybridized carbons (Fsp3) is 0.412. The molecule has 0 spiro atoms. The number of imidazole rings is 1. The lowest BCUT2D eigenvalue weighted by Crippen LogP contribution is -2.49. The highest BCUT2D eigenvalue weighted by molar-refractivity contribution is 6.17. The maximum Gasteiger partial charge on any atom is 0.222 e. The summed E-state index contributed by atoms with van der Waals surface area (Å²) in [6.07, 6.45) is 4.62. The molecule has 5 nitrogen and oxygen atoms in total. The molecule has 0 atom stereocenters. The smallest absolute Gasteiger partial charge is 0.222 e. The molecule has 1 aromatic carbocycles. The Morgan fingerprint density at radius 2 is 1.96 bits per heavy atom. The van der Waals surface area contributed by atoms with Gasteiger partial charge in [-0.3, -0.25) is 9.36 Å². The highest BCUT2D eigenvalue weighted by atomic mass is 35.5. The van der Waals surface area contributed by atoms with Crippen LogP contribution in [0.1, 0.15) is 12.8 Å². The molecule has 1 saturated heterocycles. The molecule has 1 aromatic heterocycles. The quantitative estimate of drug-likeness (QED) is 0.778. The Labute approximate surface area is 145 Å². The van der Waals surface area contributed by atoms with Crippen LogP contribution < -0.4 is 4.90 Å². The molecule has 2 heterocycles. The van der Waals surface area contributed by atoms with Crippen molar-refractivity contribution in [3.05, 3.63) is 42.5 Å². The van der Waals surface area contributed by atoms with Gasteiger partial charge in [-0.25, -0.2) is 9.37 Å². The van der Waals surface area contributed by atoms with Crippen LogP contribution in [0.3, 0.4) is 0 Å². The van der Waals surface area contributed by atoms with Crippen molar-refractivity contribution < 1.29 is 9.18 Å². The van der Waals surface area contributed by atoms with Crippen LogP contribution in [-0.2, 0) is 4.79 Å². The van der Waals surface area contributed by atoms with E-state index in [0.29, 0.717) is 56.5 Å². The van der Waals surface area contributed by atoms with E-state index >= 15 is 0 Å². The number of benzene rings is 1. The van der Waals surface area contributed by atoms with E-state index in [2.05, 4.69) is 9.88 Å². The fourth-order valence-corrected chi connectivity index (χ4v) is 3.03. The van der Waals surface area contributed by atoms with Crippen LogP contribution in [-0.4, -0.2) is 52.4 Å². The van der Waals surface area contributed by atoms with Crippen molar-refractivity contribution in [1.82, 2.24) is 14.5 Å². The van der Waals surface area contributed by atoms with Gasteiger partial charge in [-0.05, 0) is 18.6 Å². The van der Waals surface area contributed by atoms with Gasteiger partial charge in [-0.1, -0.05) is 12.1 Å². The van der Waals surface area contributed by atoms with Crippen molar-refractivity contribution in [2.24, 2.45) is 0 Å². The third-order valence-corrected chi connectivity index (χ3v) is 4.44. The molecule has 2 aromatic rings. The molecule has 0 radical (unpaired) electrons. The first kappa shape index (κ1) is 16.8. The normalized spacial score (nSPS) is 14.9. The van der Waals surface area contributed by atoms with Crippen molar-refractivity contribution in [2.45, 2.75) is 12.8 Å². The molecule has 0 unspecified atom stereocenters. The van der Waals surface area contributed by atoms with Gasteiger partial charge in [0, 0.05) is 50.9 Å². The topological polar surface area (TPSA) is 41.4 Å². The number of hydrogen-bond donors (Lipinski definition) is 0. The first-order valence-corrected chi connectivity index (χ1v) is 8.61. The number of alkyl halides is 1. The number of hydrogen-bond acceptors (Lipinski definition) is 3. The number of aromatic nitrogens is 2. The maximum atomic E-state index is 14.1. The van der Waals surface area contributed by atoms with E-state index in [1.54, 1.807) is 35.2 Å². The number of para-hydroxylation sites is 1. The number of halogens is 2. The summed E-state index contributed by atoms with van der Waals surface area (Å²) in [6.45, 7) is 2.65. The Kier molecular flexibility index (Phi) is 5.35. The Bertz CT molecular complexity index is 697. The van der Waals surface area contributed by atoms with Gasteiger partial charge in [0.25, 0.3) is 0 Å². The van der Waals surface area contributed by atoms with E-state index in [1.807, 2.05) is 4.90 Å². The van der Waals surface area contributed by atoms with Gasteiger partial charge in [0.05, 0.1) is 5.69 Å². The molecule has 0 aliphatic carbocycles. The van der Waals surface area contributed by atoms with Crippen molar-refractivity contribution >= 4 is 23.5 Å². The molecule has 3 rings (SSSR count). The molecule has 0 saturated carbocycles. The lowest BCUT2D eigenvalue weighted by Gasteiger charge is -2.35. The molecule has 7 heteroatoms. The van der Waals surface area contributed by atoms with Gasteiger partial charge in [-0.2, -0.15) is 0 Å². The minimum Gasteiger partial charge on any atom is -0.339 e. The SMILES string of the molecule is O=C(CCCCl)N1CCN(c2nccn2-c2ccccc2F)CC1. The average molecular weight is 351 g/mol. The lowest BCUT2D eigenvalue weighted by atomic mass is 10.2. The second kappa shape index (κ2) is 7.66. The zero-order chi connectivity index (χ0) is 16.9. The number of carbonyl (C=O) groups is 1. The molecular formula is C17H20ClFN4O. The molecule has 0 bridgehead atoms. The second-order valence-electron chi connectivity index (χ2n) is 5.71. The van der Waals surface area contributed by atoms with Gasteiger partial charge in [-0.15, -0.1) is 11.6 Å². The predicted octanol–water partition coefficient (Wildman–Crippen LogP) is 2.68. The third-order valence-electron chi connectivity index (χ3n) is 4.17. The Morgan fingerprint density at radius 3 is 2.67 bits per heavy atom. The van der Waals surface area contributed by atoms with Crippen molar-refractivity contribution in [1.29, 1.82) is 0 Å². The first-order valence-electron chi connectivity index (χ1n) is 8.07. The van der Waals surface area contributed by atoms with E-state index in [0.717, 1.165) is 0 Å². The zero-order valence-electron chi connectivity index (χ0n) is 13.4.